The van der Waals surface area contributed by atoms with Crippen LogP contribution in [0.25, 0.3) is 0 Å². The Bertz CT molecular complexity index is 287. The molecule has 0 saturated carbocycles. The Hall–Kier alpha value is -0.550. The molecule has 2 N–H and O–H groups in total. The molecule has 4 nitrogen and oxygen atoms in total. The number of aromatic nitrogens is 3. The largest absolute Gasteiger partial charge is 0.327 e. The first-order chi connectivity index (χ1) is 7.11. The second kappa shape index (κ2) is 6.12. The van der Waals surface area contributed by atoms with Gasteiger partial charge in [-0.1, -0.05) is 19.1 Å². The molecule has 0 bridgehead atoms. The molecule has 5 heteroatoms. The molecule has 15 heavy (non-hydrogen) atoms. The molecule has 0 spiro atoms. The molecule has 0 saturated heterocycles. The zero-order valence-corrected chi connectivity index (χ0v) is 10.5. The summed E-state index contributed by atoms with van der Waals surface area (Å²) < 4.78 is 1.71. The molecule has 1 rings (SSSR count). The molecule has 2 unspecified atom stereocenters. The third-order valence-corrected chi connectivity index (χ3v) is 3.81. The van der Waals surface area contributed by atoms with Crippen LogP contribution in [0.15, 0.2) is 6.20 Å². The van der Waals surface area contributed by atoms with Gasteiger partial charge in [-0.3, -0.25) is 4.68 Å². The highest BCUT2D eigenvalue weighted by Crippen LogP contribution is 2.14. The standard InChI is InChI=1S/C10H20N4S/c1-4-8(2)15-7-9(11)5-10-6-14(3)13-12-10/h6,8-9H,4-5,7,11H2,1-3H3. The minimum absolute atomic E-state index is 0.181. The van der Waals surface area contributed by atoms with E-state index < -0.39 is 0 Å². The maximum atomic E-state index is 6.02. The quantitative estimate of drug-likeness (QED) is 0.795. The Kier molecular flexibility index (Phi) is 5.11. The normalized spacial score (nSPS) is 15.2. The average molecular weight is 228 g/mol. The van der Waals surface area contributed by atoms with Gasteiger partial charge in [0.25, 0.3) is 0 Å². The molecule has 0 aliphatic heterocycles. The number of hydrogen-bond donors (Lipinski definition) is 1. The second-order valence-corrected chi connectivity index (χ2v) is 5.37. The van der Waals surface area contributed by atoms with Crippen molar-refractivity contribution in [1.82, 2.24) is 15.0 Å². The van der Waals surface area contributed by atoms with Crippen molar-refractivity contribution < 1.29 is 0 Å². The lowest BCUT2D eigenvalue weighted by Crippen LogP contribution is -2.26. The summed E-state index contributed by atoms with van der Waals surface area (Å²) in [6.07, 6.45) is 3.94. The van der Waals surface area contributed by atoms with Gasteiger partial charge in [-0.15, -0.1) is 5.10 Å². The number of nitrogens with two attached hydrogens (primary N) is 1. The number of nitrogens with zero attached hydrogens (tertiary/aromatic N) is 3. The summed E-state index contributed by atoms with van der Waals surface area (Å²) in [4.78, 5) is 0. The lowest BCUT2D eigenvalue weighted by molar-refractivity contribution is 0.704. The first-order valence-electron chi connectivity index (χ1n) is 5.34. The molecule has 0 fully saturated rings. The Morgan fingerprint density at radius 2 is 2.33 bits per heavy atom. The molecule has 0 aliphatic rings. The molecule has 0 aliphatic carbocycles. The van der Waals surface area contributed by atoms with Gasteiger partial charge in [-0.25, -0.2) is 0 Å². The Morgan fingerprint density at radius 3 is 2.87 bits per heavy atom. The SMILES string of the molecule is CCC(C)SCC(N)Cc1cn(C)nn1. The first-order valence-corrected chi connectivity index (χ1v) is 6.39. The lowest BCUT2D eigenvalue weighted by atomic mass is 10.2. The van der Waals surface area contributed by atoms with E-state index in [1.807, 2.05) is 25.0 Å². The van der Waals surface area contributed by atoms with E-state index in [1.165, 1.54) is 6.42 Å². The van der Waals surface area contributed by atoms with Gasteiger partial charge in [0.05, 0.1) is 5.69 Å². The van der Waals surface area contributed by atoms with Gasteiger partial charge in [0.1, 0.15) is 0 Å². The molecule has 86 valence electrons. The summed E-state index contributed by atoms with van der Waals surface area (Å²) >= 11 is 1.93. The van der Waals surface area contributed by atoms with Crippen LogP contribution in [0.2, 0.25) is 0 Å². The summed E-state index contributed by atoms with van der Waals surface area (Å²) in [6, 6.07) is 0.181. The minimum Gasteiger partial charge on any atom is -0.327 e. The van der Waals surface area contributed by atoms with Gasteiger partial charge >= 0.3 is 0 Å². The third-order valence-electron chi connectivity index (χ3n) is 2.29. The topological polar surface area (TPSA) is 56.7 Å². The van der Waals surface area contributed by atoms with Gasteiger partial charge in [-0.2, -0.15) is 11.8 Å². The molecule has 1 heterocycles. The van der Waals surface area contributed by atoms with Crippen molar-refractivity contribution >= 4 is 11.8 Å². The molecular weight excluding hydrogens is 208 g/mol. The molecule has 0 aromatic carbocycles. The maximum absolute atomic E-state index is 6.02. The van der Waals surface area contributed by atoms with E-state index in [-0.39, 0.29) is 6.04 Å². The van der Waals surface area contributed by atoms with Crippen LogP contribution >= 0.6 is 11.8 Å². The molecule has 1 aromatic heterocycles. The molecule has 2 atom stereocenters. The highest BCUT2D eigenvalue weighted by atomic mass is 32.2. The van der Waals surface area contributed by atoms with Gasteiger partial charge < -0.3 is 5.73 Å². The predicted molar refractivity (Wildman–Crippen MR) is 64.9 cm³/mol. The summed E-state index contributed by atoms with van der Waals surface area (Å²) in [5.41, 5.74) is 7.00. The number of aryl methyl sites for hydroxylation is 1. The third kappa shape index (κ3) is 4.66. The van der Waals surface area contributed by atoms with Crippen molar-refractivity contribution in [1.29, 1.82) is 0 Å². The van der Waals surface area contributed by atoms with Crippen LogP contribution in [-0.4, -0.2) is 32.0 Å². The van der Waals surface area contributed by atoms with Gasteiger partial charge in [0, 0.05) is 36.7 Å². The fourth-order valence-corrected chi connectivity index (χ4v) is 2.15. The van der Waals surface area contributed by atoms with E-state index in [2.05, 4.69) is 24.2 Å². The lowest BCUT2D eigenvalue weighted by Gasteiger charge is -2.12. The Morgan fingerprint density at radius 1 is 1.60 bits per heavy atom. The fraction of sp³-hybridized carbons (Fsp3) is 0.800. The second-order valence-electron chi connectivity index (χ2n) is 3.90. The predicted octanol–water partition coefficient (Wildman–Crippen LogP) is 1.22. The molecule has 0 radical (unpaired) electrons. The van der Waals surface area contributed by atoms with Crippen LogP contribution in [-0.2, 0) is 13.5 Å². The van der Waals surface area contributed by atoms with E-state index >= 15 is 0 Å². The van der Waals surface area contributed by atoms with Gasteiger partial charge in [0.15, 0.2) is 0 Å². The van der Waals surface area contributed by atoms with E-state index in [1.54, 1.807) is 4.68 Å². The summed E-state index contributed by atoms with van der Waals surface area (Å²) in [5.74, 6) is 0.992. The zero-order chi connectivity index (χ0) is 11.3. The van der Waals surface area contributed by atoms with E-state index in [0.29, 0.717) is 5.25 Å². The summed E-state index contributed by atoms with van der Waals surface area (Å²) in [7, 11) is 1.87. The zero-order valence-electron chi connectivity index (χ0n) is 9.68. The minimum atomic E-state index is 0.181. The van der Waals surface area contributed by atoms with Crippen LogP contribution in [0.3, 0.4) is 0 Å². The van der Waals surface area contributed by atoms with Crippen LogP contribution in [0.5, 0.6) is 0 Å². The van der Waals surface area contributed by atoms with Crippen molar-refractivity contribution in [2.75, 3.05) is 5.75 Å². The molecule has 1 aromatic rings. The van der Waals surface area contributed by atoms with E-state index in [0.717, 1.165) is 17.9 Å². The fourth-order valence-electron chi connectivity index (χ4n) is 1.22. The van der Waals surface area contributed by atoms with Crippen molar-refractivity contribution in [3.05, 3.63) is 11.9 Å². The summed E-state index contributed by atoms with van der Waals surface area (Å²) in [5, 5.41) is 8.60. The summed E-state index contributed by atoms with van der Waals surface area (Å²) in [6.45, 7) is 4.44. The van der Waals surface area contributed by atoms with Crippen molar-refractivity contribution in [3.8, 4) is 0 Å². The number of rotatable bonds is 6. The van der Waals surface area contributed by atoms with Crippen LogP contribution in [0.4, 0.5) is 0 Å². The maximum Gasteiger partial charge on any atom is 0.0842 e. The highest BCUT2D eigenvalue weighted by Gasteiger charge is 2.09. The molecule has 0 amide bonds. The van der Waals surface area contributed by atoms with Crippen molar-refractivity contribution in [3.63, 3.8) is 0 Å². The smallest absolute Gasteiger partial charge is 0.0842 e. The van der Waals surface area contributed by atoms with Crippen LogP contribution < -0.4 is 5.73 Å². The monoisotopic (exact) mass is 228 g/mol. The molecular formula is C10H20N4S. The van der Waals surface area contributed by atoms with Gasteiger partial charge in [-0.05, 0) is 6.42 Å². The van der Waals surface area contributed by atoms with Gasteiger partial charge in [0.2, 0.25) is 0 Å². The Labute approximate surface area is 95.6 Å². The average Bonchev–Trinajstić information content (AvgIpc) is 2.60. The van der Waals surface area contributed by atoms with E-state index in [4.69, 9.17) is 5.73 Å². The number of hydrogen-bond acceptors (Lipinski definition) is 4. The first kappa shape index (κ1) is 12.5. The highest BCUT2D eigenvalue weighted by molar-refractivity contribution is 7.99. The Balaban J connectivity index is 2.27. The van der Waals surface area contributed by atoms with Crippen LogP contribution in [0.1, 0.15) is 26.0 Å². The van der Waals surface area contributed by atoms with Crippen LogP contribution in [0, 0.1) is 0 Å². The number of thioether (sulfide) groups is 1. The van der Waals surface area contributed by atoms with E-state index in [9.17, 15) is 0 Å². The van der Waals surface area contributed by atoms with Crippen molar-refractivity contribution in [2.45, 2.75) is 38.0 Å². The van der Waals surface area contributed by atoms with Crippen molar-refractivity contribution in [2.24, 2.45) is 12.8 Å².